The highest BCUT2D eigenvalue weighted by Gasteiger charge is 2.19. The first-order valence-corrected chi connectivity index (χ1v) is 10.1. The maximum Gasteiger partial charge on any atom is 0.191 e. The highest BCUT2D eigenvalue weighted by atomic mass is 35.5. The number of hydrogen-bond donors (Lipinski definition) is 0. The maximum absolute atomic E-state index is 6.25. The molecule has 1 heterocycles. The van der Waals surface area contributed by atoms with Gasteiger partial charge in [-0.15, -0.1) is 16.8 Å². The lowest BCUT2D eigenvalue weighted by Gasteiger charge is -2.16. The lowest BCUT2D eigenvalue weighted by atomic mass is 10.2. The summed E-state index contributed by atoms with van der Waals surface area (Å²) in [7, 11) is 0. The van der Waals surface area contributed by atoms with Gasteiger partial charge in [-0.25, -0.2) is 0 Å². The van der Waals surface area contributed by atoms with Crippen LogP contribution in [-0.2, 0) is 12.3 Å². The van der Waals surface area contributed by atoms with E-state index in [1.165, 1.54) is 0 Å². The molecule has 0 bridgehead atoms. The van der Waals surface area contributed by atoms with Crippen LogP contribution in [0, 0.1) is 0 Å². The van der Waals surface area contributed by atoms with Gasteiger partial charge in [-0.3, -0.25) is 4.57 Å². The third-order valence-electron chi connectivity index (χ3n) is 3.84. The Morgan fingerprint density at radius 2 is 2.00 bits per heavy atom. The highest BCUT2D eigenvalue weighted by molar-refractivity contribution is 7.98. The van der Waals surface area contributed by atoms with Gasteiger partial charge in [-0.05, 0) is 36.8 Å². The second kappa shape index (κ2) is 9.31. The monoisotopic (exact) mass is 419 g/mol. The summed E-state index contributed by atoms with van der Waals surface area (Å²) in [4.78, 5) is 0. The number of aromatic nitrogens is 3. The van der Waals surface area contributed by atoms with Crippen LogP contribution in [0.1, 0.15) is 24.4 Å². The second-order valence-electron chi connectivity index (χ2n) is 5.84. The molecule has 1 unspecified atom stereocenters. The van der Waals surface area contributed by atoms with E-state index in [9.17, 15) is 0 Å². The first kappa shape index (κ1) is 19.8. The largest absolute Gasteiger partial charge is 0.483 e. The van der Waals surface area contributed by atoms with Gasteiger partial charge in [0.05, 0.1) is 0 Å². The van der Waals surface area contributed by atoms with Crippen molar-refractivity contribution in [3.8, 4) is 5.75 Å². The van der Waals surface area contributed by atoms with Gasteiger partial charge in [0.1, 0.15) is 5.75 Å². The lowest BCUT2D eigenvalue weighted by molar-refractivity contribution is 0.210. The average molecular weight is 420 g/mol. The summed E-state index contributed by atoms with van der Waals surface area (Å²) in [5.74, 6) is 2.13. The average Bonchev–Trinajstić information content (AvgIpc) is 3.04. The Labute approximate surface area is 173 Å². The smallest absolute Gasteiger partial charge is 0.191 e. The van der Waals surface area contributed by atoms with Crippen LogP contribution in [0.25, 0.3) is 0 Å². The number of allylic oxidation sites excluding steroid dienone is 1. The van der Waals surface area contributed by atoms with Crippen molar-refractivity contribution in [1.29, 1.82) is 0 Å². The van der Waals surface area contributed by atoms with E-state index >= 15 is 0 Å². The molecule has 1 atom stereocenters. The van der Waals surface area contributed by atoms with Crippen LogP contribution in [-0.4, -0.2) is 14.8 Å². The number of halogens is 2. The highest BCUT2D eigenvalue weighted by Crippen LogP contribution is 2.29. The van der Waals surface area contributed by atoms with Gasteiger partial charge in [0.25, 0.3) is 0 Å². The summed E-state index contributed by atoms with van der Waals surface area (Å²) in [6, 6.07) is 15.1. The molecular weight excluding hydrogens is 401 g/mol. The maximum atomic E-state index is 6.25. The molecule has 3 rings (SSSR count). The zero-order valence-electron chi connectivity index (χ0n) is 14.8. The van der Waals surface area contributed by atoms with Gasteiger partial charge in [-0.2, -0.15) is 0 Å². The molecule has 0 fully saturated rings. The van der Waals surface area contributed by atoms with Crippen molar-refractivity contribution < 1.29 is 4.74 Å². The summed E-state index contributed by atoms with van der Waals surface area (Å²) < 4.78 is 7.99. The number of thioether (sulfide) groups is 1. The van der Waals surface area contributed by atoms with Gasteiger partial charge in [0.15, 0.2) is 17.1 Å². The topological polar surface area (TPSA) is 39.9 Å². The molecule has 7 heteroatoms. The molecule has 0 spiro atoms. The summed E-state index contributed by atoms with van der Waals surface area (Å²) in [6.45, 7) is 6.37. The van der Waals surface area contributed by atoms with Crippen LogP contribution >= 0.6 is 35.0 Å². The van der Waals surface area contributed by atoms with Gasteiger partial charge in [0.2, 0.25) is 0 Å². The normalized spacial score (nSPS) is 12.0. The van der Waals surface area contributed by atoms with E-state index in [1.54, 1.807) is 17.8 Å². The number of hydrogen-bond acceptors (Lipinski definition) is 4. The molecule has 0 radical (unpaired) electrons. The number of nitrogens with zero attached hydrogens (tertiary/aromatic N) is 3. The lowest BCUT2D eigenvalue weighted by Crippen LogP contribution is -2.12. The summed E-state index contributed by atoms with van der Waals surface area (Å²) in [6.07, 6.45) is 1.53. The summed E-state index contributed by atoms with van der Waals surface area (Å²) in [5.41, 5.74) is 1.06. The van der Waals surface area contributed by atoms with Crippen molar-refractivity contribution in [3.05, 3.63) is 82.6 Å². The van der Waals surface area contributed by atoms with E-state index in [2.05, 4.69) is 16.8 Å². The number of rotatable bonds is 8. The summed E-state index contributed by atoms with van der Waals surface area (Å²) in [5, 5.41) is 10.9. The van der Waals surface area contributed by atoms with Crippen LogP contribution in [0.15, 0.2) is 66.3 Å². The molecule has 0 saturated heterocycles. The minimum atomic E-state index is -0.287. The van der Waals surface area contributed by atoms with Crippen molar-refractivity contribution >= 4 is 35.0 Å². The van der Waals surface area contributed by atoms with Crippen LogP contribution in [0.2, 0.25) is 10.0 Å². The van der Waals surface area contributed by atoms with Crippen molar-refractivity contribution in [2.75, 3.05) is 0 Å². The van der Waals surface area contributed by atoms with Crippen LogP contribution in [0.3, 0.4) is 0 Å². The van der Waals surface area contributed by atoms with E-state index in [-0.39, 0.29) is 6.10 Å². The Kier molecular flexibility index (Phi) is 6.83. The molecule has 3 aromatic rings. The molecule has 1 aromatic heterocycles. The van der Waals surface area contributed by atoms with E-state index in [0.29, 0.717) is 23.1 Å². The van der Waals surface area contributed by atoms with E-state index in [4.69, 9.17) is 27.9 Å². The second-order valence-corrected chi connectivity index (χ2v) is 7.62. The van der Waals surface area contributed by atoms with Crippen LogP contribution < -0.4 is 4.74 Å². The minimum Gasteiger partial charge on any atom is -0.483 e. The Morgan fingerprint density at radius 3 is 2.74 bits per heavy atom. The standard InChI is InChI=1S/C20H19Cl2N3OS/c1-3-11-25-19(14(2)26-17-9-6-8-16(21)12-17)23-24-20(25)27-13-15-7-4-5-10-18(15)22/h3-10,12,14H,1,11,13H2,2H3. The summed E-state index contributed by atoms with van der Waals surface area (Å²) >= 11 is 13.9. The molecule has 0 aliphatic carbocycles. The van der Waals surface area contributed by atoms with Crippen LogP contribution in [0.5, 0.6) is 5.75 Å². The Morgan fingerprint density at radius 1 is 1.19 bits per heavy atom. The van der Waals surface area contributed by atoms with Crippen molar-refractivity contribution in [2.45, 2.75) is 30.5 Å². The zero-order chi connectivity index (χ0) is 19.2. The third-order valence-corrected chi connectivity index (χ3v) is 5.46. The van der Waals surface area contributed by atoms with Gasteiger partial charge in [0, 0.05) is 22.3 Å². The fourth-order valence-electron chi connectivity index (χ4n) is 2.56. The molecule has 0 aliphatic rings. The first-order chi connectivity index (χ1) is 13.1. The van der Waals surface area contributed by atoms with E-state index in [1.807, 2.05) is 60.0 Å². The number of ether oxygens (including phenoxy) is 1. The predicted molar refractivity (Wildman–Crippen MR) is 112 cm³/mol. The molecule has 140 valence electrons. The zero-order valence-corrected chi connectivity index (χ0v) is 17.1. The molecule has 0 N–H and O–H groups in total. The van der Waals surface area contributed by atoms with Gasteiger partial charge in [-0.1, -0.05) is 65.3 Å². The number of benzene rings is 2. The Hall–Kier alpha value is -1.95. The molecule has 27 heavy (non-hydrogen) atoms. The molecular formula is C20H19Cl2N3OS. The van der Waals surface area contributed by atoms with Crippen molar-refractivity contribution in [3.63, 3.8) is 0 Å². The van der Waals surface area contributed by atoms with Crippen LogP contribution in [0.4, 0.5) is 0 Å². The molecule has 0 saturated carbocycles. The Bertz CT molecular complexity index is 929. The van der Waals surface area contributed by atoms with E-state index < -0.39 is 0 Å². The minimum absolute atomic E-state index is 0.287. The first-order valence-electron chi connectivity index (χ1n) is 8.41. The van der Waals surface area contributed by atoms with E-state index in [0.717, 1.165) is 21.6 Å². The van der Waals surface area contributed by atoms with Crippen molar-refractivity contribution in [2.24, 2.45) is 0 Å². The fourth-order valence-corrected chi connectivity index (χ4v) is 3.98. The molecule has 4 nitrogen and oxygen atoms in total. The molecule has 0 aliphatic heterocycles. The van der Waals surface area contributed by atoms with Gasteiger partial charge < -0.3 is 4.74 Å². The third kappa shape index (κ3) is 5.06. The quantitative estimate of drug-likeness (QED) is 0.321. The predicted octanol–water partition coefficient (Wildman–Crippen LogP) is 6.20. The van der Waals surface area contributed by atoms with Crippen molar-refractivity contribution in [1.82, 2.24) is 14.8 Å². The Balaban J connectivity index is 1.77. The molecule has 2 aromatic carbocycles. The SMILES string of the molecule is C=CCn1c(SCc2ccccc2Cl)nnc1C(C)Oc1cccc(Cl)c1. The fraction of sp³-hybridized carbons (Fsp3) is 0.200. The van der Waals surface area contributed by atoms with Gasteiger partial charge >= 0.3 is 0 Å². The molecule has 0 amide bonds.